The molecule has 0 aliphatic heterocycles. The van der Waals surface area contributed by atoms with Crippen molar-refractivity contribution in [2.45, 2.75) is 0 Å². The van der Waals surface area contributed by atoms with Gasteiger partial charge in [-0.2, -0.15) is 5.10 Å². The Morgan fingerprint density at radius 1 is 1.00 bits per heavy atom. The minimum absolute atomic E-state index is 0.286. The summed E-state index contributed by atoms with van der Waals surface area (Å²) in [5, 5.41) is 8.34. The normalized spacial score (nSPS) is 10.8. The predicted octanol–water partition coefficient (Wildman–Crippen LogP) is 3.71. The van der Waals surface area contributed by atoms with Gasteiger partial charge < -0.3 is 10.1 Å². The summed E-state index contributed by atoms with van der Waals surface area (Å²) in [5.41, 5.74) is 2.27. The molecule has 0 unspecified atom stereocenters. The Balaban J connectivity index is 1.73. The first kappa shape index (κ1) is 15.1. The highest BCUT2D eigenvalue weighted by Crippen LogP contribution is 2.25. The number of ether oxygens (including phenoxy) is 1. The smallest absolute Gasteiger partial charge is 0.168 e. The molecule has 124 valence electrons. The van der Waals surface area contributed by atoms with Crippen LogP contribution in [0.15, 0.2) is 61.1 Å². The lowest BCUT2D eigenvalue weighted by Gasteiger charge is -2.07. The van der Waals surface area contributed by atoms with Crippen molar-refractivity contribution in [3.05, 3.63) is 66.9 Å². The van der Waals surface area contributed by atoms with E-state index in [1.165, 1.54) is 18.5 Å². The molecule has 2 heterocycles. The quantitative estimate of drug-likeness (QED) is 0.616. The van der Waals surface area contributed by atoms with E-state index >= 15 is 0 Å². The van der Waals surface area contributed by atoms with E-state index in [0.717, 1.165) is 22.5 Å². The molecule has 0 saturated carbocycles. The van der Waals surface area contributed by atoms with Gasteiger partial charge in [0.25, 0.3) is 0 Å². The summed E-state index contributed by atoms with van der Waals surface area (Å²) in [6.07, 6.45) is 3.17. The molecule has 0 radical (unpaired) electrons. The third-order valence-corrected chi connectivity index (χ3v) is 3.79. The molecule has 2 aromatic heterocycles. The van der Waals surface area contributed by atoms with Crippen molar-refractivity contribution in [2.75, 3.05) is 12.4 Å². The summed E-state index contributed by atoms with van der Waals surface area (Å²) >= 11 is 0. The van der Waals surface area contributed by atoms with Gasteiger partial charge in [-0.05, 0) is 48.5 Å². The average molecular weight is 335 g/mol. The highest BCUT2D eigenvalue weighted by atomic mass is 19.1. The van der Waals surface area contributed by atoms with Crippen molar-refractivity contribution in [3.63, 3.8) is 0 Å². The lowest BCUT2D eigenvalue weighted by molar-refractivity contribution is 0.414. The summed E-state index contributed by atoms with van der Waals surface area (Å²) in [7, 11) is 1.62. The standard InChI is InChI=1S/C18H14FN5O/c1-25-15-8-6-14(7-9-15)24-18-16(10-22-24)17(20-11-21-18)23-13-4-2-12(19)3-5-13/h2-11H,1H3,(H,20,21,23). The van der Waals surface area contributed by atoms with E-state index in [4.69, 9.17) is 4.74 Å². The molecule has 0 amide bonds. The van der Waals surface area contributed by atoms with Crippen molar-refractivity contribution < 1.29 is 9.13 Å². The SMILES string of the molecule is COc1ccc(-n2ncc3c(Nc4ccc(F)cc4)ncnc32)cc1. The molecule has 0 aliphatic carbocycles. The topological polar surface area (TPSA) is 64.9 Å². The molecule has 2 aromatic carbocycles. The number of nitrogens with one attached hydrogen (secondary N) is 1. The van der Waals surface area contributed by atoms with Gasteiger partial charge in [0.05, 0.1) is 24.4 Å². The third-order valence-electron chi connectivity index (χ3n) is 3.79. The number of nitrogens with zero attached hydrogens (tertiary/aromatic N) is 4. The maximum absolute atomic E-state index is 13.0. The number of methoxy groups -OCH3 is 1. The Labute approximate surface area is 142 Å². The minimum Gasteiger partial charge on any atom is -0.497 e. The van der Waals surface area contributed by atoms with Crippen LogP contribution in [-0.2, 0) is 0 Å². The van der Waals surface area contributed by atoms with E-state index in [1.54, 1.807) is 30.1 Å². The highest BCUT2D eigenvalue weighted by Gasteiger charge is 2.11. The first-order valence-corrected chi connectivity index (χ1v) is 7.60. The maximum atomic E-state index is 13.0. The number of halogens is 1. The molecule has 7 heteroatoms. The zero-order valence-corrected chi connectivity index (χ0v) is 13.3. The van der Waals surface area contributed by atoms with Crippen molar-refractivity contribution >= 4 is 22.5 Å². The minimum atomic E-state index is -0.286. The van der Waals surface area contributed by atoms with Crippen LogP contribution in [0.3, 0.4) is 0 Å². The zero-order valence-electron chi connectivity index (χ0n) is 13.3. The Bertz CT molecular complexity index is 1010. The molecule has 0 bridgehead atoms. The van der Waals surface area contributed by atoms with Gasteiger partial charge in [0, 0.05) is 5.69 Å². The van der Waals surface area contributed by atoms with Crippen LogP contribution in [-0.4, -0.2) is 26.9 Å². The van der Waals surface area contributed by atoms with Crippen LogP contribution >= 0.6 is 0 Å². The Kier molecular flexibility index (Phi) is 3.74. The number of anilines is 2. The number of aromatic nitrogens is 4. The average Bonchev–Trinajstić information content (AvgIpc) is 3.09. The lowest BCUT2D eigenvalue weighted by atomic mass is 10.3. The zero-order chi connectivity index (χ0) is 17.2. The highest BCUT2D eigenvalue weighted by molar-refractivity contribution is 5.89. The fourth-order valence-corrected chi connectivity index (χ4v) is 2.53. The number of hydrogen-bond acceptors (Lipinski definition) is 5. The summed E-state index contributed by atoms with van der Waals surface area (Å²) in [6.45, 7) is 0. The lowest BCUT2D eigenvalue weighted by Crippen LogP contribution is -1.99. The monoisotopic (exact) mass is 335 g/mol. The summed E-state index contributed by atoms with van der Waals surface area (Å²) < 4.78 is 20.0. The number of fused-ring (bicyclic) bond motifs is 1. The van der Waals surface area contributed by atoms with Gasteiger partial charge in [0.2, 0.25) is 0 Å². The van der Waals surface area contributed by atoms with Gasteiger partial charge in [0.15, 0.2) is 5.65 Å². The molecule has 4 rings (SSSR count). The Morgan fingerprint density at radius 3 is 2.48 bits per heavy atom. The van der Waals surface area contributed by atoms with Crippen LogP contribution in [0, 0.1) is 5.82 Å². The first-order valence-electron chi connectivity index (χ1n) is 7.60. The molecule has 0 aliphatic rings. The van der Waals surface area contributed by atoms with Crippen LogP contribution < -0.4 is 10.1 Å². The molecule has 0 fully saturated rings. The second-order valence-electron chi connectivity index (χ2n) is 5.35. The van der Waals surface area contributed by atoms with Crippen LogP contribution in [0.25, 0.3) is 16.7 Å². The number of hydrogen-bond donors (Lipinski definition) is 1. The summed E-state index contributed by atoms with van der Waals surface area (Å²) in [5.74, 6) is 1.09. The maximum Gasteiger partial charge on any atom is 0.168 e. The van der Waals surface area contributed by atoms with Gasteiger partial charge in [-0.15, -0.1) is 0 Å². The van der Waals surface area contributed by atoms with Gasteiger partial charge >= 0.3 is 0 Å². The van der Waals surface area contributed by atoms with Crippen LogP contribution in [0.4, 0.5) is 15.9 Å². The van der Waals surface area contributed by atoms with E-state index in [2.05, 4.69) is 20.4 Å². The van der Waals surface area contributed by atoms with Gasteiger partial charge in [-0.25, -0.2) is 19.0 Å². The van der Waals surface area contributed by atoms with Crippen LogP contribution in [0.5, 0.6) is 5.75 Å². The summed E-state index contributed by atoms with van der Waals surface area (Å²) in [4.78, 5) is 8.60. The second kappa shape index (κ2) is 6.20. The first-order chi connectivity index (χ1) is 12.2. The van der Waals surface area contributed by atoms with E-state index in [-0.39, 0.29) is 5.82 Å². The summed E-state index contributed by atoms with van der Waals surface area (Å²) in [6, 6.07) is 13.6. The number of rotatable bonds is 4. The van der Waals surface area contributed by atoms with Gasteiger partial charge in [-0.3, -0.25) is 0 Å². The fourth-order valence-electron chi connectivity index (χ4n) is 2.53. The second-order valence-corrected chi connectivity index (χ2v) is 5.35. The van der Waals surface area contributed by atoms with E-state index in [9.17, 15) is 4.39 Å². The van der Waals surface area contributed by atoms with E-state index < -0.39 is 0 Å². The van der Waals surface area contributed by atoms with Gasteiger partial charge in [-0.1, -0.05) is 0 Å². The third kappa shape index (κ3) is 2.87. The molecule has 6 nitrogen and oxygen atoms in total. The fraction of sp³-hybridized carbons (Fsp3) is 0.0556. The molecule has 1 N–H and O–H groups in total. The molecular weight excluding hydrogens is 321 g/mol. The van der Waals surface area contributed by atoms with Gasteiger partial charge in [0.1, 0.15) is 23.7 Å². The van der Waals surface area contributed by atoms with Crippen molar-refractivity contribution in [1.82, 2.24) is 19.7 Å². The van der Waals surface area contributed by atoms with Crippen molar-refractivity contribution in [1.29, 1.82) is 0 Å². The van der Waals surface area contributed by atoms with Crippen LogP contribution in [0.2, 0.25) is 0 Å². The largest absolute Gasteiger partial charge is 0.497 e. The van der Waals surface area contributed by atoms with E-state index in [0.29, 0.717) is 11.5 Å². The molecule has 0 atom stereocenters. The Hall–Kier alpha value is -3.48. The van der Waals surface area contributed by atoms with E-state index in [1.807, 2.05) is 24.3 Å². The molecule has 4 aromatic rings. The number of benzene rings is 2. The predicted molar refractivity (Wildman–Crippen MR) is 92.9 cm³/mol. The van der Waals surface area contributed by atoms with Crippen LogP contribution in [0.1, 0.15) is 0 Å². The molecular formula is C18H14FN5O. The Morgan fingerprint density at radius 2 is 1.76 bits per heavy atom. The van der Waals surface area contributed by atoms with Crippen molar-refractivity contribution in [2.24, 2.45) is 0 Å². The molecule has 0 spiro atoms. The molecule has 25 heavy (non-hydrogen) atoms. The van der Waals surface area contributed by atoms with Crippen molar-refractivity contribution in [3.8, 4) is 11.4 Å². The molecule has 0 saturated heterocycles.